The van der Waals surface area contributed by atoms with Crippen LogP contribution in [0.15, 0.2) is 0 Å². The van der Waals surface area contributed by atoms with Crippen molar-refractivity contribution < 1.29 is 14.3 Å². The van der Waals surface area contributed by atoms with Crippen LogP contribution in [-0.4, -0.2) is 41.1 Å². The summed E-state index contributed by atoms with van der Waals surface area (Å²) in [5, 5.41) is 11.2. The molecular weight excluding hydrogens is 270 g/mol. The Morgan fingerprint density at radius 3 is 2.62 bits per heavy atom. The lowest BCUT2D eigenvalue weighted by Gasteiger charge is -2.37. The van der Waals surface area contributed by atoms with Gasteiger partial charge in [-0.25, -0.2) is 4.79 Å². The normalized spacial score (nSPS) is 30.9. The van der Waals surface area contributed by atoms with E-state index in [-0.39, 0.29) is 24.4 Å². The van der Waals surface area contributed by atoms with Crippen LogP contribution in [0.3, 0.4) is 0 Å². The summed E-state index contributed by atoms with van der Waals surface area (Å²) in [6.45, 7) is 7.51. The lowest BCUT2D eigenvalue weighted by atomic mass is 9.89. The van der Waals surface area contributed by atoms with Crippen molar-refractivity contribution >= 4 is 12.0 Å². The largest absolute Gasteiger partial charge is 0.444 e. The van der Waals surface area contributed by atoms with Crippen LogP contribution in [0.1, 0.15) is 40.5 Å². The molecule has 0 aromatic heterocycles. The summed E-state index contributed by atoms with van der Waals surface area (Å²) in [5.41, 5.74) is -0.585. The van der Waals surface area contributed by atoms with Gasteiger partial charge in [-0.15, -0.1) is 0 Å². The van der Waals surface area contributed by atoms with E-state index < -0.39 is 17.7 Å². The van der Waals surface area contributed by atoms with Crippen molar-refractivity contribution in [3.8, 4) is 6.07 Å². The first kappa shape index (κ1) is 15.6. The number of ether oxygens (including phenoxy) is 1. The minimum Gasteiger partial charge on any atom is -0.444 e. The van der Waals surface area contributed by atoms with E-state index in [0.717, 1.165) is 12.8 Å². The van der Waals surface area contributed by atoms with Crippen LogP contribution in [-0.2, 0) is 9.53 Å². The Morgan fingerprint density at radius 2 is 2.05 bits per heavy atom. The fourth-order valence-electron chi connectivity index (χ4n) is 3.48. The number of nitrogens with one attached hydrogen (secondary N) is 1. The number of amides is 2. The van der Waals surface area contributed by atoms with Crippen molar-refractivity contribution in [3.05, 3.63) is 0 Å². The highest BCUT2D eigenvalue weighted by Gasteiger charge is 2.55. The lowest BCUT2D eigenvalue weighted by molar-refractivity contribution is -0.128. The van der Waals surface area contributed by atoms with E-state index in [4.69, 9.17) is 10.00 Å². The number of likely N-dealkylation sites (tertiary alicyclic amines) is 1. The Balaban J connectivity index is 2.16. The van der Waals surface area contributed by atoms with Crippen molar-refractivity contribution in [1.29, 1.82) is 5.26 Å². The second kappa shape index (κ2) is 5.55. The Hall–Kier alpha value is -1.77. The number of nitrogens with zero attached hydrogens (tertiary/aromatic N) is 2. The molecule has 0 aromatic rings. The number of fused-ring (bicyclic) bond motifs is 2. The van der Waals surface area contributed by atoms with E-state index in [9.17, 15) is 9.59 Å². The van der Waals surface area contributed by atoms with Crippen LogP contribution in [0.2, 0.25) is 0 Å². The molecule has 4 unspecified atom stereocenters. The maximum absolute atomic E-state index is 12.4. The third-order valence-electron chi connectivity index (χ3n) is 4.23. The Morgan fingerprint density at radius 1 is 1.38 bits per heavy atom. The molecule has 0 radical (unpaired) electrons. The summed E-state index contributed by atoms with van der Waals surface area (Å²) in [6, 6.07) is 1.45. The van der Waals surface area contributed by atoms with Crippen LogP contribution in [0.25, 0.3) is 0 Å². The first-order valence-corrected chi connectivity index (χ1v) is 7.40. The van der Waals surface area contributed by atoms with Crippen molar-refractivity contribution in [1.82, 2.24) is 10.2 Å². The van der Waals surface area contributed by atoms with Gasteiger partial charge in [-0.05, 0) is 45.4 Å². The van der Waals surface area contributed by atoms with Gasteiger partial charge < -0.3 is 10.1 Å². The van der Waals surface area contributed by atoms with E-state index in [2.05, 4.69) is 12.2 Å². The molecule has 0 spiro atoms. The molecule has 1 saturated carbocycles. The zero-order chi connectivity index (χ0) is 15.8. The van der Waals surface area contributed by atoms with Gasteiger partial charge in [0.15, 0.2) is 0 Å². The van der Waals surface area contributed by atoms with Crippen LogP contribution in [0.4, 0.5) is 4.79 Å². The molecule has 2 bridgehead atoms. The average Bonchev–Trinajstić information content (AvgIpc) is 2.89. The monoisotopic (exact) mass is 293 g/mol. The molecule has 4 atom stereocenters. The van der Waals surface area contributed by atoms with Gasteiger partial charge in [0.05, 0.1) is 6.07 Å². The average molecular weight is 293 g/mol. The third-order valence-corrected chi connectivity index (χ3v) is 4.23. The number of rotatable bonds is 2. The van der Waals surface area contributed by atoms with E-state index in [1.807, 2.05) is 26.8 Å². The van der Waals surface area contributed by atoms with Gasteiger partial charge in [-0.2, -0.15) is 5.26 Å². The van der Waals surface area contributed by atoms with Gasteiger partial charge in [0.2, 0.25) is 5.91 Å². The second-order valence-corrected chi connectivity index (χ2v) is 6.97. The zero-order valence-electron chi connectivity index (χ0n) is 13.0. The predicted octanol–water partition coefficient (Wildman–Crippen LogP) is 1.66. The van der Waals surface area contributed by atoms with Gasteiger partial charge in [0, 0.05) is 6.04 Å². The molecule has 116 valence electrons. The van der Waals surface area contributed by atoms with Crippen molar-refractivity contribution in [2.75, 3.05) is 6.54 Å². The summed E-state index contributed by atoms with van der Waals surface area (Å²) in [4.78, 5) is 26.3. The molecule has 21 heavy (non-hydrogen) atoms. The maximum atomic E-state index is 12.4. The Labute approximate surface area is 125 Å². The Bertz CT molecular complexity index is 478. The quantitative estimate of drug-likeness (QED) is 0.785. The summed E-state index contributed by atoms with van der Waals surface area (Å²) < 4.78 is 5.44. The molecule has 2 amide bonds. The van der Waals surface area contributed by atoms with E-state index >= 15 is 0 Å². The highest BCUT2D eigenvalue weighted by atomic mass is 16.6. The van der Waals surface area contributed by atoms with E-state index in [1.54, 1.807) is 4.90 Å². The summed E-state index contributed by atoms with van der Waals surface area (Å²) in [5.74, 6) is 0.314. The van der Waals surface area contributed by atoms with Gasteiger partial charge in [-0.3, -0.25) is 9.69 Å². The number of nitriles is 1. The lowest BCUT2D eigenvalue weighted by Crippen LogP contribution is -2.55. The number of hydrogen-bond donors (Lipinski definition) is 1. The number of carbonyl (C=O) groups is 2. The minimum absolute atomic E-state index is 0.0384. The molecule has 6 heteroatoms. The molecule has 2 aliphatic rings. The molecule has 1 aliphatic carbocycles. The number of carbonyl (C=O) groups excluding carboxylic acids is 2. The first-order chi connectivity index (χ1) is 9.74. The molecule has 0 aromatic carbocycles. The number of piperidine rings is 1. The van der Waals surface area contributed by atoms with Crippen LogP contribution in [0, 0.1) is 23.2 Å². The molecule has 1 aliphatic heterocycles. The minimum atomic E-state index is -0.585. The predicted molar refractivity (Wildman–Crippen MR) is 76.2 cm³/mol. The van der Waals surface area contributed by atoms with Gasteiger partial charge in [-0.1, -0.05) is 6.92 Å². The second-order valence-electron chi connectivity index (χ2n) is 6.97. The third kappa shape index (κ3) is 3.12. The summed E-state index contributed by atoms with van der Waals surface area (Å²) in [6.07, 6.45) is 1.32. The molecule has 2 fully saturated rings. The highest BCUT2D eigenvalue weighted by molar-refractivity contribution is 5.87. The van der Waals surface area contributed by atoms with E-state index in [1.165, 1.54) is 0 Å². The van der Waals surface area contributed by atoms with Gasteiger partial charge >= 0.3 is 6.09 Å². The van der Waals surface area contributed by atoms with Gasteiger partial charge in [0.1, 0.15) is 18.2 Å². The van der Waals surface area contributed by atoms with Crippen molar-refractivity contribution in [3.63, 3.8) is 0 Å². The highest BCUT2D eigenvalue weighted by Crippen LogP contribution is 2.46. The van der Waals surface area contributed by atoms with Crippen molar-refractivity contribution in [2.24, 2.45) is 11.8 Å². The zero-order valence-corrected chi connectivity index (χ0v) is 13.0. The first-order valence-electron chi connectivity index (χ1n) is 7.40. The smallest absolute Gasteiger partial charge is 0.411 e. The van der Waals surface area contributed by atoms with Gasteiger partial charge in [0.25, 0.3) is 0 Å². The molecule has 6 nitrogen and oxygen atoms in total. The summed E-state index contributed by atoms with van der Waals surface area (Å²) >= 11 is 0. The van der Waals surface area contributed by atoms with Crippen LogP contribution < -0.4 is 5.32 Å². The topological polar surface area (TPSA) is 82.4 Å². The molecular formula is C15H23N3O3. The van der Waals surface area contributed by atoms with E-state index in [0.29, 0.717) is 5.92 Å². The molecule has 2 rings (SSSR count). The fourth-order valence-corrected chi connectivity index (χ4v) is 3.48. The maximum Gasteiger partial charge on any atom is 0.411 e. The SMILES string of the molecule is CC1CC2CC1C(C(=O)NCC#N)N2C(=O)OC(C)(C)C. The number of hydrogen-bond acceptors (Lipinski definition) is 4. The summed E-state index contributed by atoms with van der Waals surface area (Å²) in [7, 11) is 0. The molecule has 1 heterocycles. The Kier molecular flexibility index (Phi) is 4.13. The molecule has 1 saturated heterocycles. The van der Waals surface area contributed by atoms with Crippen LogP contribution >= 0.6 is 0 Å². The standard InChI is InChI=1S/C15H23N3O3/c1-9-7-10-8-11(9)12(13(19)17-6-5-16)18(10)14(20)21-15(2,3)4/h9-12H,6-8H2,1-4H3,(H,17,19). The molecule has 1 N–H and O–H groups in total. The van der Waals surface area contributed by atoms with Crippen molar-refractivity contribution in [2.45, 2.75) is 58.2 Å². The van der Waals surface area contributed by atoms with Crippen LogP contribution in [0.5, 0.6) is 0 Å². The fraction of sp³-hybridized carbons (Fsp3) is 0.800.